The zero-order valence-electron chi connectivity index (χ0n) is 15.1. The molecule has 3 nitrogen and oxygen atoms in total. The summed E-state index contributed by atoms with van der Waals surface area (Å²) in [5.41, 5.74) is 4.41. The molecule has 2 aromatic heterocycles. The van der Waals surface area contributed by atoms with Crippen LogP contribution in [0.4, 0.5) is 0 Å². The fraction of sp³-hybridized carbons (Fsp3) is 0.174. The molecule has 0 aliphatic heterocycles. The molecule has 0 aliphatic carbocycles. The summed E-state index contributed by atoms with van der Waals surface area (Å²) in [6, 6.07) is 24.8. The van der Waals surface area contributed by atoms with Crippen molar-refractivity contribution in [3.05, 3.63) is 95.0 Å². The van der Waals surface area contributed by atoms with E-state index in [0.29, 0.717) is 6.54 Å². The van der Waals surface area contributed by atoms with Crippen LogP contribution in [0.5, 0.6) is 0 Å². The van der Waals surface area contributed by atoms with Gasteiger partial charge < -0.3 is 9.88 Å². The monoisotopic (exact) mass is 374 g/mol. The SMILES string of the molecule is O=C(NCCc1ccccc1)c1cc2sccc2n1CCc1ccccc1. The number of amides is 1. The minimum absolute atomic E-state index is 0.00222. The van der Waals surface area contributed by atoms with Crippen LogP contribution in [0, 0.1) is 0 Å². The van der Waals surface area contributed by atoms with Crippen LogP contribution in [0.25, 0.3) is 10.2 Å². The number of hydrogen-bond donors (Lipinski definition) is 1. The Labute approximate surface area is 163 Å². The lowest BCUT2D eigenvalue weighted by Crippen LogP contribution is -2.28. The number of aryl methyl sites for hydroxylation is 2. The van der Waals surface area contributed by atoms with Crippen molar-refractivity contribution in [3.63, 3.8) is 0 Å². The molecule has 0 spiro atoms. The molecule has 1 N–H and O–H groups in total. The van der Waals surface area contributed by atoms with Gasteiger partial charge in [-0.1, -0.05) is 60.7 Å². The molecule has 2 heterocycles. The average molecular weight is 375 g/mol. The molecule has 0 radical (unpaired) electrons. The van der Waals surface area contributed by atoms with Gasteiger partial charge in [-0.3, -0.25) is 4.79 Å². The van der Waals surface area contributed by atoms with E-state index in [2.05, 4.69) is 57.7 Å². The molecule has 0 bridgehead atoms. The van der Waals surface area contributed by atoms with E-state index in [1.807, 2.05) is 30.3 Å². The normalized spacial score (nSPS) is 11.0. The smallest absolute Gasteiger partial charge is 0.267 e. The summed E-state index contributed by atoms with van der Waals surface area (Å²) >= 11 is 1.68. The van der Waals surface area contributed by atoms with Gasteiger partial charge >= 0.3 is 0 Å². The van der Waals surface area contributed by atoms with Crippen molar-refractivity contribution in [1.82, 2.24) is 9.88 Å². The highest BCUT2D eigenvalue weighted by Crippen LogP contribution is 2.25. The van der Waals surface area contributed by atoms with Gasteiger partial charge in [-0.2, -0.15) is 0 Å². The second kappa shape index (κ2) is 8.23. The molecule has 0 atom stereocenters. The summed E-state index contributed by atoms with van der Waals surface area (Å²) in [6.45, 7) is 1.44. The average Bonchev–Trinajstić information content (AvgIpc) is 3.29. The number of rotatable bonds is 7. The van der Waals surface area contributed by atoms with E-state index in [9.17, 15) is 4.79 Å². The fourth-order valence-electron chi connectivity index (χ4n) is 3.35. The van der Waals surface area contributed by atoms with Crippen LogP contribution < -0.4 is 5.32 Å². The van der Waals surface area contributed by atoms with Crippen LogP contribution in [-0.2, 0) is 19.4 Å². The van der Waals surface area contributed by atoms with Gasteiger partial charge in [0, 0.05) is 13.1 Å². The maximum atomic E-state index is 12.8. The van der Waals surface area contributed by atoms with Crippen molar-refractivity contribution in [2.75, 3.05) is 6.54 Å². The molecular weight excluding hydrogens is 352 g/mol. The lowest BCUT2D eigenvalue weighted by atomic mass is 10.1. The zero-order chi connectivity index (χ0) is 18.5. The van der Waals surface area contributed by atoms with E-state index >= 15 is 0 Å². The first-order valence-corrected chi connectivity index (χ1v) is 10.1. The van der Waals surface area contributed by atoms with Crippen LogP contribution in [0.3, 0.4) is 0 Å². The standard InChI is InChI=1S/C23H22N2OS/c26-23(24-14-11-18-7-3-1-4-8-18)21-17-22-20(13-16-27-22)25(21)15-12-19-9-5-2-6-10-19/h1-10,13,16-17H,11-12,14-15H2,(H,24,26). The molecule has 4 rings (SSSR count). The minimum Gasteiger partial charge on any atom is -0.350 e. The third-order valence-electron chi connectivity index (χ3n) is 4.76. The lowest BCUT2D eigenvalue weighted by Gasteiger charge is -2.11. The first kappa shape index (κ1) is 17.6. The third kappa shape index (κ3) is 4.12. The number of carbonyl (C=O) groups excluding carboxylic acids is 1. The highest BCUT2D eigenvalue weighted by molar-refractivity contribution is 7.17. The third-order valence-corrected chi connectivity index (χ3v) is 5.62. The Morgan fingerprint density at radius 3 is 2.26 bits per heavy atom. The van der Waals surface area contributed by atoms with E-state index in [1.54, 1.807) is 11.3 Å². The summed E-state index contributed by atoms with van der Waals surface area (Å²) < 4.78 is 3.31. The number of hydrogen-bond acceptors (Lipinski definition) is 2. The van der Waals surface area contributed by atoms with Gasteiger partial charge in [0.1, 0.15) is 5.69 Å². The van der Waals surface area contributed by atoms with Crippen molar-refractivity contribution < 1.29 is 4.79 Å². The van der Waals surface area contributed by atoms with Gasteiger partial charge in [0.15, 0.2) is 0 Å². The molecule has 1 amide bonds. The summed E-state index contributed by atoms with van der Waals surface area (Å²) in [4.78, 5) is 12.8. The first-order valence-electron chi connectivity index (χ1n) is 9.24. The summed E-state index contributed by atoms with van der Waals surface area (Å²) in [5, 5.41) is 5.17. The molecule has 4 heteroatoms. The molecular formula is C23H22N2OS. The highest BCUT2D eigenvalue weighted by Gasteiger charge is 2.16. The zero-order valence-corrected chi connectivity index (χ0v) is 15.9. The highest BCUT2D eigenvalue weighted by atomic mass is 32.1. The van der Waals surface area contributed by atoms with Gasteiger partial charge in [0.25, 0.3) is 5.91 Å². The molecule has 4 aromatic rings. The minimum atomic E-state index is 0.00222. The lowest BCUT2D eigenvalue weighted by molar-refractivity contribution is 0.0945. The van der Waals surface area contributed by atoms with Crippen LogP contribution in [0.15, 0.2) is 78.2 Å². The molecule has 2 aromatic carbocycles. The molecule has 0 saturated heterocycles. The Bertz CT molecular complexity index is 1020. The Hall–Kier alpha value is -2.85. The van der Waals surface area contributed by atoms with Crippen LogP contribution in [0.1, 0.15) is 21.6 Å². The van der Waals surface area contributed by atoms with Crippen molar-refractivity contribution in [2.45, 2.75) is 19.4 Å². The van der Waals surface area contributed by atoms with Gasteiger partial charge in [0.2, 0.25) is 0 Å². The van der Waals surface area contributed by atoms with E-state index in [1.165, 1.54) is 11.1 Å². The van der Waals surface area contributed by atoms with Crippen LogP contribution in [-0.4, -0.2) is 17.0 Å². The van der Waals surface area contributed by atoms with Crippen LogP contribution >= 0.6 is 11.3 Å². The Balaban J connectivity index is 1.47. The maximum Gasteiger partial charge on any atom is 0.267 e. The molecule has 0 saturated carbocycles. The number of nitrogens with one attached hydrogen (secondary N) is 1. The summed E-state index contributed by atoms with van der Waals surface area (Å²) in [6.07, 6.45) is 1.75. The maximum absolute atomic E-state index is 12.8. The second-order valence-corrected chi connectivity index (χ2v) is 7.53. The Morgan fingerprint density at radius 1 is 0.889 bits per heavy atom. The predicted molar refractivity (Wildman–Crippen MR) is 112 cm³/mol. The molecule has 27 heavy (non-hydrogen) atoms. The first-order chi connectivity index (χ1) is 13.3. The van der Waals surface area contributed by atoms with E-state index in [-0.39, 0.29) is 5.91 Å². The largest absolute Gasteiger partial charge is 0.350 e. The fourth-order valence-corrected chi connectivity index (χ4v) is 4.17. The predicted octanol–water partition coefficient (Wildman–Crippen LogP) is 4.92. The number of thiophene rings is 1. The summed E-state index contributed by atoms with van der Waals surface area (Å²) in [5.74, 6) is 0.00222. The van der Waals surface area contributed by atoms with E-state index < -0.39 is 0 Å². The number of fused-ring (bicyclic) bond motifs is 1. The van der Waals surface area contributed by atoms with Crippen LogP contribution in [0.2, 0.25) is 0 Å². The van der Waals surface area contributed by atoms with Crippen molar-refractivity contribution in [2.24, 2.45) is 0 Å². The number of nitrogens with zero attached hydrogens (tertiary/aromatic N) is 1. The number of aromatic nitrogens is 1. The van der Waals surface area contributed by atoms with E-state index in [0.717, 1.165) is 35.3 Å². The molecule has 0 aliphatic rings. The molecule has 0 fully saturated rings. The van der Waals surface area contributed by atoms with Crippen molar-refractivity contribution in [1.29, 1.82) is 0 Å². The van der Waals surface area contributed by atoms with Crippen molar-refractivity contribution in [3.8, 4) is 0 Å². The van der Waals surface area contributed by atoms with Gasteiger partial charge in [-0.05, 0) is 41.5 Å². The number of benzene rings is 2. The van der Waals surface area contributed by atoms with Gasteiger partial charge in [-0.15, -0.1) is 11.3 Å². The quantitative estimate of drug-likeness (QED) is 0.490. The molecule has 0 unspecified atom stereocenters. The second-order valence-electron chi connectivity index (χ2n) is 6.58. The number of carbonyl (C=O) groups is 1. The van der Waals surface area contributed by atoms with Gasteiger partial charge in [-0.25, -0.2) is 0 Å². The Morgan fingerprint density at radius 2 is 1.56 bits per heavy atom. The molecule has 136 valence electrons. The topological polar surface area (TPSA) is 34.0 Å². The Kier molecular flexibility index (Phi) is 5.35. The van der Waals surface area contributed by atoms with Gasteiger partial charge in [0.05, 0.1) is 10.2 Å². The van der Waals surface area contributed by atoms with E-state index in [4.69, 9.17) is 0 Å². The van der Waals surface area contributed by atoms with Crippen molar-refractivity contribution >= 4 is 27.5 Å². The summed E-state index contributed by atoms with van der Waals surface area (Å²) in [7, 11) is 0.